The molecule has 0 saturated heterocycles. The Bertz CT molecular complexity index is 693. The minimum absolute atomic E-state index is 0.694. The van der Waals surface area contributed by atoms with Crippen LogP contribution < -0.4 is 0 Å². The van der Waals surface area contributed by atoms with Gasteiger partial charge in [0.25, 0.3) is 0 Å². The van der Waals surface area contributed by atoms with E-state index in [9.17, 15) is 0 Å². The van der Waals surface area contributed by atoms with E-state index in [-0.39, 0.29) is 0 Å². The standard InChI is InChI=1S/C12H7BrClN3/c13-11-10-4-5-15-7-17(10)12(16-11)8-2-1-3-9(14)6-8/h1-7H. The summed E-state index contributed by atoms with van der Waals surface area (Å²) in [5.74, 6) is 0.822. The van der Waals surface area contributed by atoms with E-state index in [4.69, 9.17) is 11.6 Å². The highest BCUT2D eigenvalue weighted by atomic mass is 79.9. The van der Waals surface area contributed by atoms with Crippen molar-refractivity contribution in [2.45, 2.75) is 0 Å². The monoisotopic (exact) mass is 307 g/mol. The van der Waals surface area contributed by atoms with Crippen LogP contribution in [0.15, 0.2) is 47.5 Å². The van der Waals surface area contributed by atoms with Crippen molar-refractivity contribution in [1.82, 2.24) is 14.4 Å². The number of rotatable bonds is 1. The summed E-state index contributed by atoms with van der Waals surface area (Å²) < 4.78 is 2.73. The number of aromatic nitrogens is 3. The highest BCUT2D eigenvalue weighted by Gasteiger charge is 2.10. The number of hydrogen-bond acceptors (Lipinski definition) is 2. The van der Waals surface area contributed by atoms with Gasteiger partial charge in [0.15, 0.2) is 0 Å². The summed E-state index contributed by atoms with van der Waals surface area (Å²) in [6.45, 7) is 0. The SMILES string of the molecule is Clc1cccc(-c2nc(Br)c3ccncn23)c1. The van der Waals surface area contributed by atoms with Crippen molar-refractivity contribution in [2.24, 2.45) is 0 Å². The van der Waals surface area contributed by atoms with Crippen LogP contribution in [0.5, 0.6) is 0 Å². The zero-order valence-electron chi connectivity index (χ0n) is 8.64. The van der Waals surface area contributed by atoms with Gasteiger partial charge in [0.05, 0.1) is 5.52 Å². The molecule has 0 N–H and O–H groups in total. The molecule has 0 radical (unpaired) electrons. The molecule has 0 spiro atoms. The lowest BCUT2D eigenvalue weighted by molar-refractivity contribution is 1.08. The molecule has 3 aromatic rings. The Labute approximate surface area is 111 Å². The smallest absolute Gasteiger partial charge is 0.147 e. The molecule has 3 nitrogen and oxygen atoms in total. The van der Waals surface area contributed by atoms with Gasteiger partial charge in [-0.2, -0.15) is 0 Å². The molecular formula is C12H7BrClN3. The predicted octanol–water partition coefficient (Wildman–Crippen LogP) is 3.81. The molecule has 0 aliphatic rings. The minimum atomic E-state index is 0.694. The maximum absolute atomic E-state index is 5.99. The molecule has 0 atom stereocenters. The second kappa shape index (κ2) is 4.13. The largest absolute Gasteiger partial charge is 0.282 e. The summed E-state index contributed by atoms with van der Waals surface area (Å²) >= 11 is 9.43. The van der Waals surface area contributed by atoms with Crippen molar-refractivity contribution >= 4 is 33.0 Å². The van der Waals surface area contributed by atoms with E-state index in [1.165, 1.54) is 0 Å². The number of fused-ring (bicyclic) bond motifs is 1. The van der Waals surface area contributed by atoms with Gasteiger partial charge >= 0.3 is 0 Å². The van der Waals surface area contributed by atoms with Gasteiger partial charge in [-0.3, -0.25) is 4.40 Å². The van der Waals surface area contributed by atoms with Gasteiger partial charge < -0.3 is 0 Å². The van der Waals surface area contributed by atoms with Crippen molar-refractivity contribution in [2.75, 3.05) is 0 Å². The van der Waals surface area contributed by atoms with E-state index in [0.29, 0.717) is 5.02 Å². The lowest BCUT2D eigenvalue weighted by atomic mass is 10.2. The molecule has 2 heterocycles. The molecule has 0 aliphatic carbocycles. The van der Waals surface area contributed by atoms with E-state index in [1.807, 2.05) is 34.7 Å². The third-order valence-electron chi connectivity index (χ3n) is 2.49. The summed E-state index contributed by atoms with van der Waals surface area (Å²) in [4.78, 5) is 8.59. The quantitative estimate of drug-likeness (QED) is 0.684. The fraction of sp³-hybridized carbons (Fsp3) is 0. The fourth-order valence-electron chi connectivity index (χ4n) is 1.73. The lowest BCUT2D eigenvalue weighted by Gasteiger charge is -2.00. The highest BCUT2D eigenvalue weighted by molar-refractivity contribution is 9.10. The molecule has 0 aliphatic heterocycles. The average Bonchev–Trinajstić information content (AvgIpc) is 2.68. The maximum Gasteiger partial charge on any atom is 0.147 e. The Balaban J connectivity index is 2.31. The Kier molecular flexibility index (Phi) is 2.61. The zero-order chi connectivity index (χ0) is 11.8. The lowest BCUT2D eigenvalue weighted by Crippen LogP contribution is -1.89. The number of benzene rings is 1. The average molecular weight is 309 g/mol. The summed E-state index contributed by atoms with van der Waals surface area (Å²) in [7, 11) is 0. The first kappa shape index (κ1) is 10.7. The van der Waals surface area contributed by atoms with Crippen LogP contribution in [0, 0.1) is 0 Å². The summed E-state index contributed by atoms with van der Waals surface area (Å²) in [6, 6.07) is 9.51. The van der Waals surface area contributed by atoms with Gasteiger partial charge in [0, 0.05) is 16.8 Å². The topological polar surface area (TPSA) is 30.2 Å². The first-order valence-electron chi connectivity index (χ1n) is 4.99. The predicted molar refractivity (Wildman–Crippen MR) is 71.1 cm³/mol. The number of hydrogen-bond donors (Lipinski definition) is 0. The van der Waals surface area contributed by atoms with E-state index in [2.05, 4.69) is 25.9 Å². The molecular weight excluding hydrogens is 302 g/mol. The molecule has 84 valence electrons. The Morgan fingerprint density at radius 2 is 2.12 bits per heavy atom. The molecule has 0 fully saturated rings. The van der Waals surface area contributed by atoms with E-state index in [1.54, 1.807) is 12.5 Å². The fourth-order valence-corrected chi connectivity index (χ4v) is 2.42. The molecule has 0 saturated carbocycles. The Morgan fingerprint density at radius 1 is 1.24 bits per heavy atom. The van der Waals surface area contributed by atoms with Crippen molar-refractivity contribution in [3.8, 4) is 11.4 Å². The van der Waals surface area contributed by atoms with Gasteiger partial charge in [-0.15, -0.1) is 0 Å². The number of nitrogens with zero attached hydrogens (tertiary/aromatic N) is 3. The van der Waals surface area contributed by atoms with Crippen LogP contribution in [0.25, 0.3) is 16.9 Å². The van der Waals surface area contributed by atoms with Gasteiger partial charge in [-0.05, 0) is 34.1 Å². The summed E-state index contributed by atoms with van der Waals surface area (Å²) in [6.07, 6.45) is 3.48. The van der Waals surface area contributed by atoms with Gasteiger partial charge in [0.2, 0.25) is 0 Å². The highest BCUT2D eigenvalue weighted by Crippen LogP contribution is 2.26. The van der Waals surface area contributed by atoms with E-state index in [0.717, 1.165) is 21.5 Å². The van der Waals surface area contributed by atoms with Crippen LogP contribution in [0.4, 0.5) is 0 Å². The molecule has 0 bridgehead atoms. The van der Waals surface area contributed by atoms with Crippen LogP contribution in [-0.4, -0.2) is 14.4 Å². The van der Waals surface area contributed by atoms with Crippen LogP contribution in [0.3, 0.4) is 0 Å². The van der Waals surface area contributed by atoms with Gasteiger partial charge in [-0.25, -0.2) is 9.97 Å². The van der Waals surface area contributed by atoms with Crippen molar-refractivity contribution in [3.63, 3.8) is 0 Å². The normalized spacial score (nSPS) is 10.9. The van der Waals surface area contributed by atoms with Crippen LogP contribution in [0.2, 0.25) is 5.02 Å². The summed E-state index contributed by atoms with van der Waals surface area (Å²) in [5, 5.41) is 0.694. The van der Waals surface area contributed by atoms with E-state index < -0.39 is 0 Å². The second-order valence-electron chi connectivity index (χ2n) is 3.57. The number of halogens is 2. The Hall–Kier alpha value is -1.39. The summed E-state index contributed by atoms with van der Waals surface area (Å²) in [5.41, 5.74) is 1.95. The molecule has 3 rings (SSSR count). The second-order valence-corrected chi connectivity index (χ2v) is 4.76. The van der Waals surface area contributed by atoms with Gasteiger partial charge in [-0.1, -0.05) is 23.7 Å². The van der Waals surface area contributed by atoms with Crippen molar-refractivity contribution in [1.29, 1.82) is 0 Å². The first-order valence-corrected chi connectivity index (χ1v) is 6.16. The molecule has 1 aromatic carbocycles. The van der Waals surface area contributed by atoms with E-state index >= 15 is 0 Å². The maximum atomic E-state index is 5.99. The van der Waals surface area contributed by atoms with Crippen LogP contribution in [0.1, 0.15) is 0 Å². The molecule has 17 heavy (non-hydrogen) atoms. The van der Waals surface area contributed by atoms with Crippen molar-refractivity contribution < 1.29 is 0 Å². The first-order chi connectivity index (χ1) is 8.25. The van der Waals surface area contributed by atoms with Crippen LogP contribution in [-0.2, 0) is 0 Å². The third kappa shape index (κ3) is 1.83. The molecule has 0 unspecified atom stereocenters. The van der Waals surface area contributed by atoms with Crippen molar-refractivity contribution in [3.05, 3.63) is 52.5 Å². The zero-order valence-corrected chi connectivity index (χ0v) is 11.0. The Morgan fingerprint density at radius 3 is 2.94 bits per heavy atom. The molecule has 2 aromatic heterocycles. The van der Waals surface area contributed by atoms with Crippen LogP contribution >= 0.6 is 27.5 Å². The minimum Gasteiger partial charge on any atom is -0.282 e. The molecule has 0 amide bonds. The third-order valence-corrected chi connectivity index (χ3v) is 3.31. The van der Waals surface area contributed by atoms with Gasteiger partial charge in [0.1, 0.15) is 16.8 Å². The molecule has 5 heteroatoms. The number of imidazole rings is 1.